The van der Waals surface area contributed by atoms with Gasteiger partial charge in [-0.25, -0.2) is 9.97 Å². The van der Waals surface area contributed by atoms with E-state index in [9.17, 15) is 9.59 Å². The number of anilines is 1. The molecule has 0 spiro atoms. The van der Waals surface area contributed by atoms with Gasteiger partial charge in [-0.15, -0.1) is 11.3 Å². The molecule has 0 radical (unpaired) electrons. The highest BCUT2D eigenvalue weighted by molar-refractivity contribution is 7.18. The maximum Gasteiger partial charge on any atom is 0.225 e. The number of thiophene rings is 1. The lowest BCUT2D eigenvalue weighted by Crippen LogP contribution is -2.47. The molecule has 2 amide bonds. The average molecular weight is 456 g/mol. The van der Waals surface area contributed by atoms with Crippen molar-refractivity contribution >= 4 is 39.2 Å². The van der Waals surface area contributed by atoms with Crippen molar-refractivity contribution in [2.24, 2.45) is 11.8 Å². The molecule has 0 bridgehead atoms. The first kappa shape index (κ1) is 21.6. The van der Waals surface area contributed by atoms with Crippen molar-refractivity contribution in [1.82, 2.24) is 19.8 Å². The molecule has 8 heteroatoms. The van der Waals surface area contributed by atoms with Gasteiger partial charge in [0.2, 0.25) is 11.8 Å². The van der Waals surface area contributed by atoms with Gasteiger partial charge >= 0.3 is 0 Å². The van der Waals surface area contributed by atoms with Crippen LogP contribution in [0.25, 0.3) is 10.2 Å². The van der Waals surface area contributed by atoms with Gasteiger partial charge in [-0.3, -0.25) is 9.59 Å². The van der Waals surface area contributed by atoms with Crippen LogP contribution in [0.4, 0.5) is 5.82 Å². The van der Waals surface area contributed by atoms with E-state index in [2.05, 4.69) is 28.7 Å². The Morgan fingerprint density at radius 2 is 1.41 bits per heavy atom. The molecule has 0 aliphatic carbocycles. The van der Waals surface area contributed by atoms with Gasteiger partial charge in [0.25, 0.3) is 0 Å². The SMILES string of the molecule is Cc1sc2ncnc(N3CCC(C(=O)N4CCC(C(=O)N5CCCC5)CC4)CC3)c2c1C. The standard InChI is InChI=1S/C24H33N5O2S/c1-16-17(2)32-22-20(16)21(25-15-26-22)27-11-5-18(6-12-27)24(31)29-13-7-19(8-14-29)23(30)28-9-3-4-10-28/h15,18-19H,3-14H2,1-2H3. The van der Waals surface area contributed by atoms with Crippen LogP contribution in [0.5, 0.6) is 0 Å². The fraction of sp³-hybridized carbons (Fsp3) is 0.667. The number of aryl methyl sites for hydroxylation is 2. The molecule has 0 aromatic carbocycles. The average Bonchev–Trinajstić information content (AvgIpc) is 3.47. The highest BCUT2D eigenvalue weighted by Gasteiger charge is 2.35. The molecule has 3 fully saturated rings. The second-order valence-electron chi connectivity index (χ2n) is 9.55. The van der Waals surface area contributed by atoms with Crippen LogP contribution in [0.15, 0.2) is 6.33 Å². The number of aromatic nitrogens is 2. The molecule has 5 rings (SSSR count). The summed E-state index contributed by atoms with van der Waals surface area (Å²) < 4.78 is 0. The fourth-order valence-electron chi connectivity index (χ4n) is 5.54. The number of rotatable bonds is 3. The number of likely N-dealkylation sites (tertiary alicyclic amines) is 2. The minimum Gasteiger partial charge on any atom is -0.356 e. The van der Waals surface area contributed by atoms with E-state index < -0.39 is 0 Å². The van der Waals surface area contributed by atoms with Crippen LogP contribution in [-0.4, -0.2) is 70.9 Å². The number of nitrogens with zero attached hydrogens (tertiary/aromatic N) is 5. The van der Waals surface area contributed by atoms with E-state index in [4.69, 9.17) is 0 Å². The quantitative estimate of drug-likeness (QED) is 0.710. The summed E-state index contributed by atoms with van der Waals surface area (Å²) >= 11 is 1.73. The third kappa shape index (κ3) is 3.98. The monoisotopic (exact) mass is 455 g/mol. The Balaban J connectivity index is 1.17. The molecule has 3 aliphatic rings. The van der Waals surface area contributed by atoms with Crippen LogP contribution in [0.1, 0.15) is 49.0 Å². The molecule has 7 nitrogen and oxygen atoms in total. The molecule has 0 saturated carbocycles. The van der Waals surface area contributed by atoms with Crippen molar-refractivity contribution in [1.29, 1.82) is 0 Å². The second-order valence-corrected chi connectivity index (χ2v) is 10.8. The number of hydrogen-bond donors (Lipinski definition) is 0. The summed E-state index contributed by atoms with van der Waals surface area (Å²) in [6.07, 6.45) is 7.28. The Morgan fingerprint density at radius 3 is 2.03 bits per heavy atom. The van der Waals surface area contributed by atoms with Crippen LogP contribution in [0.3, 0.4) is 0 Å². The largest absolute Gasteiger partial charge is 0.356 e. The lowest BCUT2D eigenvalue weighted by molar-refractivity contribution is -0.142. The minimum absolute atomic E-state index is 0.0831. The van der Waals surface area contributed by atoms with Gasteiger partial charge in [0.1, 0.15) is 17.0 Å². The number of fused-ring (bicyclic) bond motifs is 1. The fourth-order valence-corrected chi connectivity index (χ4v) is 6.53. The summed E-state index contributed by atoms with van der Waals surface area (Å²) in [6, 6.07) is 0. The van der Waals surface area contributed by atoms with E-state index in [1.807, 2.05) is 9.80 Å². The van der Waals surface area contributed by atoms with Crippen LogP contribution in [-0.2, 0) is 9.59 Å². The summed E-state index contributed by atoms with van der Waals surface area (Å²) in [5.74, 6) is 1.81. The minimum atomic E-state index is 0.0831. The van der Waals surface area contributed by atoms with Crippen molar-refractivity contribution in [2.75, 3.05) is 44.2 Å². The van der Waals surface area contributed by atoms with E-state index in [1.54, 1.807) is 17.7 Å². The van der Waals surface area contributed by atoms with Gasteiger partial charge in [0.15, 0.2) is 0 Å². The Labute approximate surface area is 193 Å². The van der Waals surface area contributed by atoms with Gasteiger partial charge in [-0.1, -0.05) is 0 Å². The first-order valence-electron chi connectivity index (χ1n) is 12.1. The number of hydrogen-bond acceptors (Lipinski definition) is 6. The lowest BCUT2D eigenvalue weighted by atomic mass is 9.91. The van der Waals surface area contributed by atoms with E-state index in [1.165, 1.54) is 15.8 Å². The van der Waals surface area contributed by atoms with Crippen molar-refractivity contribution in [2.45, 2.75) is 52.4 Å². The van der Waals surface area contributed by atoms with Crippen LogP contribution >= 0.6 is 11.3 Å². The first-order chi connectivity index (χ1) is 15.5. The molecule has 5 heterocycles. The molecular formula is C24H33N5O2S. The lowest BCUT2D eigenvalue weighted by Gasteiger charge is -2.38. The number of amides is 2. The molecule has 32 heavy (non-hydrogen) atoms. The van der Waals surface area contributed by atoms with Crippen LogP contribution in [0, 0.1) is 25.7 Å². The summed E-state index contributed by atoms with van der Waals surface area (Å²) in [5.41, 5.74) is 1.27. The van der Waals surface area contributed by atoms with Crippen molar-refractivity contribution < 1.29 is 9.59 Å². The predicted octanol–water partition coefficient (Wildman–Crippen LogP) is 3.39. The Bertz CT molecular complexity index is 999. The van der Waals surface area contributed by atoms with E-state index >= 15 is 0 Å². The van der Waals surface area contributed by atoms with Gasteiger partial charge in [0.05, 0.1) is 5.39 Å². The topological polar surface area (TPSA) is 69.6 Å². The third-order valence-corrected chi connectivity index (χ3v) is 8.78. The highest BCUT2D eigenvalue weighted by Crippen LogP contribution is 2.36. The zero-order valence-electron chi connectivity index (χ0n) is 19.2. The van der Waals surface area contributed by atoms with E-state index in [-0.39, 0.29) is 17.7 Å². The molecule has 2 aromatic rings. The third-order valence-electron chi connectivity index (χ3n) is 7.66. The van der Waals surface area contributed by atoms with Crippen LogP contribution < -0.4 is 4.90 Å². The Hall–Kier alpha value is -2.22. The van der Waals surface area contributed by atoms with E-state index in [0.29, 0.717) is 5.91 Å². The molecule has 2 aromatic heterocycles. The summed E-state index contributed by atoms with van der Waals surface area (Å²) in [6.45, 7) is 9.26. The summed E-state index contributed by atoms with van der Waals surface area (Å²) in [7, 11) is 0. The van der Waals surface area contributed by atoms with Gasteiger partial charge in [-0.05, 0) is 57.9 Å². The molecule has 3 saturated heterocycles. The highest BCUT2D eigenvalue weighted by atomic mass is 32.1. The summed E-state index contributed by atoms with van der Waals surface area (Å²) in [5, 5.41) is 1.17. The Kier molecular flexibility index (Phi) is 6.05. The predicted molar refractivity (Wildman–Crippen MR) is 127 cm³/mol. The van der Waals surface area contributed by atoms with Crippen molar-refractivity contribution in [3.63, 3.8) is 0 Å². The Morgan fingerprint density at radius 1 is 0.844 bits per heavy atom. The molecular weight excluding hydrogens is 422 g/mol. The molecule has 0 unspecified atom stereocenters. The molecule has 3 aliphatic heterocycles. The molecule has 0 N–H and O–H groups in total. The molecule has 0 atom stereocenters. The smallest absolute Gasteiger partial charge is 0.225 e. The number of carbonyl (C=O) groups excluding carboxylic acids is 2. The maximum absolute atomic E-state index is 13.2. The van der Waals surface area contributed by atoms with Gasteiger partial charge in [0, 0.05) is 56.0 Å². The zero-order chi connectivity index (χ0) is 22.2. The molecule has 172 valence electrons. The normalized spacial score (nSPS) is 21.0. The van der Waals surface area contributed by atoms with Crippen molar-refractivity contribution in [3.05, 3.63) is 16.8 Å². The van der Waals surface area contributed by atoms with Gasteiger partial charge in [-0.2, -0.15) is 0 Å². The number of piperidine rings is 2. The van der Waals surface area contributed by atoms with Crippen molar-refractivity contribution in [3.8, 4) is 0 Å². The van der Waals surface area contributed by atoms with Gasteiger partial charge < -0.3 is 14.7 Å². The number of carbonyl (C=O) groups is 2. The maximum atomic E-state index is 13.2. The van der Waals surface area contributed by atoms with Crippen LogP contribution in [0.2, 0.25) is 0 Å². The summed E-state index contributed by atoms with van der Waals surface area (Å²) in [4.78, 5) is 43.6. The zero-order valence-corrected chi connectivity index (χ0v) is 20.0. The van der Waals surface area contributed by atoms with E-state index in [0.717, 1.165) is 88.4 Å². The first-order valence-corrected chi connectivity index (χ1v) is 12.9. The second kappa shape index (κ2) is 8.96.